The maximum absolute atomic E-state index is 14.5. The molecule has 4 rings (SSSR count). The lowest BCUT2D eigenvalue weighted by Gasteiger charge is -2.39. The van der Waals surface area contributed by atoms with Crippen LogP contribution in [0.3, 0.4) is 0 Å². The van der Waals surface area contributed by atoms with Crippen LogP contribution in [0.5, 0.6) is 0 Å². The Kier molecular flexibility index (Phi) is 4.73. The van der Waals surface area contributed by atoms with E-state index < -0.39 is 5.82 Å². The SMILES string of the molecule is Cc1nc(-c2ccc(C(=O)NC3(CN4CCCC(C)(C)C4)CC3)cc2F)no1. The first kappa shape index (κ1) is 19.1. The second-order valence-electron chi connectivity index (χ2n) is 9.04. The molecule has 2 heterocycles. The summed E-state index contributed by atoms with van der Waals surface area (Å²) in [4.78, 5) is 19.2. The van der Waals surface area contributed by atoms with Crippen LogP contribution in [0.4, 0.5) is 4.39 Å². The average molecular weight is 386 g/mol. The number of halogens is 1. The number of likely N-dealkylation sites (tertiary alicyclic amines) is 1. The van der Waals surface area contributed by atoms with E-state index in [0.717, 1.165) is 32.5 Å². The van der Waals surface area contributed by atoms with Crippen molar-refractivity contribution in [1.29, 1.82) is 0 Å². The lowest BCUT2D eigenvalue weighted by molar-refractivity contribution is 0.0850. The van der Waals surface area contributed by atoms with Crippen LogP contribution in [0.1, 0.15) is 55.8 Å². The highest BCUT2D eigenvalue weighted by Crippen LogP contribution is 2.39. The molecule has 1 N–H and O–H groups in total. The van der Waals surface area contributed by atoms with Crippen LogP contribution in [0, 0.1) is 18.2 Å². The van der Waals surface area contributed by atoms with E-state index in [1.54, 1.807) is 13.0 Å². The quantitative estimate of drug-likeness (QED) is 0.851. The number of nitrogens with zero attached hydrogens (tertiary/aromatic N) is 3. The molecule has 1 aliphatic heterocycles. The summed E-state index contributed by atoms with van der Waals surface area (Å²) in [7, 11) is 0. The first-order chi connectivity index (χ1) is 13.3. The topological polar surface area (TPSA) is 71.3 Å². The number of rotatable bonds is 5. The van der Waals surface area contributed by atoms with E-state index in [1.165, 1.54) is 25.0 Å². The van der Waals surface area contributed by atoms with Gasteiger partial charge in [0.05, 0.1) is 11.1 Å². The zero-order chi connectivity index (χ0) is 19.9. The number of carbonyl (C=O) groups excluding carboxylic acids is 1. The lowest BCUT2D eigenvalue weighted by atomic mass is 9.84. The molecule has 0 bridgehead atoms. The Morgan fingerprint density at radius 1 is 1.32 bits per heavy atom. The molecule has 2 aliphatic rings. The van der Waals surface area contributed by atoms with Gasteiger partial charge in [0.1, 0.15) is 5.82 Å². The molecule has 150 valence electrons. The number of hydrogen-bond acceptors (Lipinski definition) is 5. The van der Waals surface area contributed by atoms with Gasteiger partial charge >= 0.3 is 0 Å². The summed E-state index contributed by atoms with van der Waals surface area (Å²) in [6.07, 6.45) is 4.38. The minimum atomic E-state index is -0.531. The van der Waals surface area contributed by atoms with Gasteiger partial charge in [0.15, 0.2) is 0 Å². The molecule has 1 aliphatic carbocycles. The van der Waals surface area contributed by atoms with Crippen LogP contribution in [0.2, 0.25) is 0 Å². The minimum Gasteiger partial charge on any atom is -0.345 e. The molecule has 0 unspecified atom stereocenters. The summed E-state index contributed by atoms with van der Waals surface area (Å²) in [6.45, 7) is 9.24. The van der Waals surface area contributed by atoms with Crippen LogP contribution in [-0.2, 0) is 0 Å². The van der Waals surface area contributed by atoms with Crippen molar-refractivity contribution in [3.05, 3.63) is 35.5 Å². The second-order valence-corrected chi connectivity index (χ2v) is 9.04. The van der Waals surface area contributed by atoms with Gasteiger partial charge in [0, 0.05) is 25.6 Å². The normalized spacial score (nSPS) is 20.7. The van der Waals surface area contributed by atoms with Crippen LogP contribution < -0.4 is 5.32 Å². The third-order valence-electron chi connectivity index (χ3n) is 5.74. The Morgan fingerprint density at radius 2 is 2.11 bits per heavy atom. The van der Waals surface area contributed by atoms with Crippen molar-refractivity contribution >= 4 is 5.91 Å². The van der Waals surface area contributed by atoms with Crippen molar-refractivity contribution < 1.29 is 13.7 Å². The predicted octanol–water partition coefficient (Wildman–Crippen LogP) is 3.57. The van der Waals surface area contributed by atoms with Gasteiger partial charge < -0.3 is 14.7 Å². The minimum absolute atomic E-state index is 0.176. The summed E-state index contributed by atoms with van der Waals surface area (Å²) in [5.41, 5.74) is 0.687. The molecule has 2 aromatic rings. The summed E-state index contributed by atoms with van der Waals surface area (Å²) < 4.78 is 19.4. The molecular formula is C21H27FN4O2. The molecule has 1 saturated carbocycles. The number of aromatic nitrogens is 2. The number of nitrogens with one attached hydrogen (secondary N) is 1. The van der Waals surface area contributed by atoms with Crippen LogP contribution in [0.15, 0.2) is 22.7 Å². The van der Waals surface area contributed by atoms with Gasteiger partial charge in [-0.15, -0.1) is 0 Å². The molecule has 1 aromatic heterocycles. The Hall–Kier alpha value is -2.28. The Labute approximate surface area is 164 Å². The van der Waals surface area contributed by atoms with Gasteiger partial charge in [-0.2, -0.15) is 4.98 Å². The number of benzene rings is 1. The van der Waals surface area contributed by atoms with E-state index in [2.05, 4.69) is 34.2 Å². The fourth-order valence-electron chi connectivity index (χ4n) is 4.14. The predicted molar refractivity (Wildman–Crippen MR) is 103 cm³/mol. The fraction of sp³-hybridized carbons (Fsp3) is 0.571. The highest BCUT2D eigenvalue weighted by atomic mass is 19.1. The maximum atomic E-state index is 14.5. The summed E-state index contributed by atoms with van der Waals surface area (Å²) in [5.74, 6) is -0.208. The fourth-order valence-corrected chi connectivity index (χ4v) is 4.14. The van der Waals surface area contributed by atoms with Crippen molar-refractivity contribution in [2.75, 3.05) is 19.6 Å². The third-order valence-corrected chi connectivity index (χ3v) is 5.74. The molecular weight excluding hydrogens is 359 g/mol. The first-order valence-electron chi connectivity index (χ1n) is 9.91. The van der Waals surface area contributed by atoms with E-state index >= 15 is 0 Å². The van der Waals surface area contributed by atoms with Crippen molar-refractivity contribution in [1.82, 2.24) is 20.4 Å². The highest BCUT2D eigenvalue weighted by molar-refractivity contribution is 5.95. The number of hydrogen-bond donors (Lipinski definition) is 1. The van der Waals surface area contributed by atoms with E-state index in [1.807, 2.05) is 0 Å². The molecule has 28 heavy (non-hydrogen) atoms. The van der Waals surface area contributed by atoms with Crippen LogP contribution in [0.25, 0.3) is 11.4 Å². The molecule has 1 amide bonds. The largest absolute Gasteiger partial charge is 0.345 e. The van der Waals surface area contributed by atoms with Crippen LogP contribution >= 0.6 is 0 Å². The summed E-state index contributed by atoms with van der Waals surface area (Å²) >= 11 is 0. The van der Waals surface area contributed by atoms with E-state index in [9.17, 15) is 9.18 Å². The van der Waals surface area contributed by atoms with Gasteiger partial charge in [-0.25, -0.2) is 4.39 Å². The second kappa shape index (κ2) is 6.95. The van der Waals surface area contributed by atoms with Crippen LogP contribution in [-0.4, -0.2) is 46.1 Å². The lowest BCUT2D eigenvalue weighted by Crippen LogP contribution is -2.50. The number of piperidine rings is 1. The molecule has 7 heteroatoms. The smallest absolute Gasteiger partial charge is 0.251 e. The molecule has 0 spiro atoms. The average Bonchev–Trinajstić information content (AvgIpc) is 3.22. The maximum Gasteiger partial charge on any atom is 0.251 e. The van der Waals surface area contributed by atoms with Crippen molar-refractivity contribution in [3.8, 4) is 11.4 Å². The first-order valence-corrected chi connectivity index (χ1v) is 9.91. The number of aryl methyl sites for hydroxylation is 1. The van der Waals surface area contributed by atoms with Gasteiger partial charge in [0.25, 0.3) is 5.91 Å². The molecule has 2 fully saturated rings. The van der Waals surface area contributed by atoms with E-state index in [0.29, 0.717) is 16.9 Å². The number of amides is 1. The number of carbonyl (C=O) groups is 1. The Morgan fingerprint density at radius 3 is 2.71 bits per heavy atom. The molecule has 6 nitrogen and oxygen atoms in total. The van der Waals surface area contributed by atoms with Gasteiger partial charge in [-0.3, -0.25) is 4.79 Å². The van der Waals surface area contributed by atoms with Crippen molar-refractivity contribution in [3.63, 3.8) is 0 Å². The third kappa shape index (κ3) is 4.09. The van der Waals surface area contributed by atoms with E-state index in [4.69, 9.17) is 4.52 Å². The molecule has 1 aromatic carbocycles. The molecule has 0 radical (unpaired) electrons. The monoisotopic (exact) mass is 386 g/mol. The van der Waals surface area contributed by atoms with Gasteiger partial charge in [-0.05, 0) is 55.8 Å². The summed E-state index contributed by atoms with van der Waals surface area (Å²) in [6, 6.07) is 4.39. The van der Waals surface area contributed by atoms with Crippen molar-refractivity contribution in [2.24, 2.45) is 5.41 Å². The zero-order valence-electron chi connectivity index (χ0n) is 16.7. The standard InChI is InChI=1S/C21H27FN4O2/c1-14-23-18(25-28-14)16-6-5-15(11-17(16)22)19(27)24-21(8-9-21)13-26-10-4-7-20(2,3)12-26/h5-6,11H,4,7-10,12-13H2,1-3H3,(H,24,27). The van der Waals surface area contributed by atoms with Gasteiger partial charge in [0.2, 0.25) is 11.7 Å². The van der Waals surface area contributed by atoms with Gasteiger partial charge in [-0.1, -0.05) is 19.0 Å². The Bertz CT molecular complexity index is 888. The Balaban J connectivity index is 1.43. The molecule has 0 atom stereocenters. The summed E-state index contributed by atoms with van der Waals surface area (Å²) in [5, 5.41) is 6.89. The van der Waals surface area contributed by atoms with Crippen molar-refractivity contribution in [2.45, 2.75) is 52.0 Å². The zero-order valence-corrected chi connectivity index (χ0v) is 16.7. The molecule has 1 saturated heterocycles. The highest BCUT2D eigenvalue weighted by Gasteiger charge is 2.46. The van der Waals surface area contributed by atoms with E-state index in [-0.39, 0.29) is 22.8 Å².